The summed E-state index contributed by atoms with van der Waals surface area (Å²) < 4.78 is 11.4. The first-order chi connectivity index (χ1) is 13.2. The third-order valence-corrected chi connectivity index (χ3v) is 5.30. The van der Waals surface area contributed by atoms with Crippen molar-refractivity contribution in [3.05, 3.63) is 47.0 Å². The van der Waals surface area contributed by atoms with Gasteiger partial charge in [0.15, 0.2) is 12.4 Å². The Bertz CT molecular complexity index is 852. The van der Waals surface area contributed by atoms with Crippen LogP contribution in [0.1, 0.15) is 5.56 Å². The molecular formula is C20H22ClN3O3. The Morgan fingerprint density at radius 1 is 1.19 bits per heavy atom. The Hall–Kier alpha value is -2.44. The Morgan fingerprint density at radius 3 is 2.67 bits per heavy atom. The second kappa shape index (κ2) is 7.66. The van der Waals surface area contributed by atoms with Crippen LogP contribution in [0, 0.1) is 0 Å². The molecule has 0 atom stereocenters. The van der Waals surface area contributed by atoms with Gasteiger partial charge in [0.25, 0.3) is 5.91 Å². The number of rotatable bonds is 4. The number of anilines is 2. The Labute approximate surface area is 163 Å². The molecule has 0 spiro atoms. The number of nitrogens with zero attached hydrogens (tertiary/aromatic N) is 2. The maximum atomic E-state index is 12.7. The maximum absolute atomic E-state index is 12.7. The summed E-state index contributed by atoms with van der Waals surface area (Å²) in [6.07, 6.45) is 0. The topological polar surface area (TPSA) is 54.0 Å². The zero-order valence-corrected chi connectivity index (χ0v) is 16.0. The van der Waals surface area contributed by atoms with Crippen molar-refractivity contribution in [1.82, 2.24) is 5.32 Å². The zero-order valence-electron chi connectivity index (χ0n) is 15.2. The molecule has 0 bridgehead atoms. The molecule has 2 aliphatic heterocycles. The van der Waals surface area contributed by atoms with E-state index in [0.29, 0.717) is 17.3 Å². The van der Waals surface area contributed by atoms with E-state index in [2.05, 4.69) is 10.2 Å². The summed E-state index contributed by atoms with van der Waals surface area (Å²) in [5.74, 6) is 1.33. The molecule has 0 radical (unpaired) electrons. The van der Waals surface area contributed by atoms with Crippen LogP contribution in [-0.4, -0.2) is 45.8 Å². The van der Waals surface area contributed by atoms with Crippen molar-refractivity contribution in [2.24, 2.45) is 0 Å². The zero-order chi connectivity index (χ0) is 18.8. The minimum atomic E-state index is -0.0954. The Morgan fingerprint density at radius 2 is 1.93 bits per heavy atom. The van der Waals surface area contributed by atoms with Crippen LogP contribution >= 0.6 is 11.6 Å². The number of carbonyl (C=O) groups is 1. The molecule has 2 aromatic rings. The average Bonchev–Trinajstić information content (AvgIpc) is 2.71. The summed E-state index contributed by atoms with van der Waals surface area (Å²) in [4.78, 5) is 16.6. The quantitative estimate of drug-likeness (QED) is 0.874. The number of nitrogens with one attached hydrogen (secondary N) is 1. The number of halogens is 1. The molecule has 0 unspecified atom stereocenters. The molecule has 1 amide bonds. The van der Waals surface area contributed by atoms with Gasteiger partial charge in [0, 0.05) is 43.3 Å². The molecule has 1 fully saturated rings. The SMILES string of the molecule is COc1cc(N2CCNCC2)c2c(c1)N(Cc1ccccc1Cl)C(=O)CO2. The average molecular weight is 388 g/mol. The molecular weight excluding hydrogens is 366 g/mol. The summed E-state index contributed by atoms with van der Waals surface area (Å²) in [7, 11) is 1.63. The number of ether oxygens (including phenoxy) is 2. The van der Waals surface area contributed by atoms with Gasteiger partial charge >= 0.3 is 0 Å². The molecule has 2 aromatic carbocycles. The van der Waals surface area contributed by atoms with Crippen LogP contribution in [0.2, 0.25) is 5.02 Å². The monoisotopic (exact) mass is 387 g/mol. The van der Waals surface area contributed by atoms with Crippen LogP contribution in [0.15, 0.2) is 36.4 Å². The number of carbonyl (C=O) groups excluding carboxylic acids is 1. The molecule has 142 valence electrons. The highest BCUT2D eigenvalue weighted by atomic mass is 35.5. The highest BCUT2D eigenvalue weighted by Gasteiger charge is 2.31. The predicted molar refractivity (Wildman–Crippen MR) is 106 cm³/mol. The van der Waals surface area contributed by atoms with Crippen LogP contribution in [0.3, 0.4) is 0 Å². The number of hydrogen-bond acceptors (Lipinski definition) is 5. The van der Waals surface area contributed by atoms with Gasteiger partial charge < -0.3 is 24.6 Å². The summed E-state index contributed by atoms with van der Waals surface area (Å²) in [6.45, 7) is 3.98. The van der Waals surface area contributed by atoms with Gasteiger partial charge in [-0.3, -0.25) is 4.79 Å². The first kappa shape index (κ1) is 17.9. The van der Waals surface area contributed by atoms with Crippen molar-refractivity contribution in [3.8, 4) is 11.5 Å². The van der Waals surface area contributed by atoms with Crippen molar-refractivity contribution in [3.63, 3.8) is 0 Å². The van der Waals surface area contributed by atoms with E-state index in [-0.39, 0.29) is 12.5 Å². The van der Waals surface area contributed by atoms with Gasteiger partial charge in [-0.25, -0.2) is 0 Å². The lowest BCUT2D eigenvalue weighted by atomic mass is 10.1. The van der Waals surface area contributed by atoms with Gasteiger partial charge in [-0.15, -0.1) is 0 Å². The van der Waals surface area contributed by atoms with E-state index in [1.807, 2.05) is 36.4 Å². The fraction of sp³-hybridized carbons (Fsp3) is 0.350. The number of hydrogen-bond donors (Lipinski definition) is 1. The fourth-order valence-corrected chi connectivity index (χ4v) is 3.69. The van der Waals surface area contributed by atoms with Crippen molar-refractivity contribution in [2.75, 3.05) is 49.7 Å². The van der Waals surface area contributed by atoms with Crippen LogP contribution in [-0.2, 0) is 11.3 Å². The molecule has 2 aliphatic rings. The van der Waals surface area contributed by atoms with Crippen molar-refractivity contribution in [2.45, 2.75) is 6.54 Å². The first-order valence-corrected chi connectivity index (χ1v) is 9.39. The maximum Gasteiger partial charge on any atom is 0.265 e. The van der Waals surface area contributed by atoms with Crippen LogP contribution in [0.4, 0.5) is 11.4 Å². The minimum Gasteiger partial charge on any atom is -0.497 e. The van der Waals surface area contributed by atoms with Crippen LogP contribution in [0.5, 0.6) is 11.5 Å². The molecule has 0 aliphatic carbocycles. The third-order valence-electron chi connectivity index (χ3n) is 4.93. The molecule has 0 saturated carbocycles. The minimum absolute atomic E-state index is 0.0167. The van der Waals surface area contributed by atoms with Gasteiger partial charge in [0.2, 0.25) is 0 Å². The Balaban J connectivity index is 1.76. The summed E-state index contributed by atoms with van der Waals surface area (Å²) in [6, 6.07) is 11.4. The summed E-state index contributed by atoms with van der Waals surface area (Å²) in [5, 5.41) is 4.00. The lowest BCUT2D eigenvalue weighted by Crippen LogP contribution is -2.44. The van der Waals surface area contributed by atoms with E-state index in [4.69, 9.17) is 21.1 Å². The van der Waals surface area contributed by atoms with E-state index in [9.17, 15) is 4.79 Å². The molecule has 2 heterocycles. The predicted octanol–water partition coefficient (Wildman–Crippen LogP) is 2.68. The highest BCUT2D eigenvalue weighted by molar-refractivity contribution is 6.31. The van der Waals surface area contributed by atoms with Crippen molar-refractivity contribution in [1.29, 1.82) is 0 Å². The van der Waals surface area contributed by atoms with Gasteiger partial charge in [-0.05, 0) is 11.6 Å². The number of methoxy groups -OCH3 is 1. The lowest BCUT2D eigenvalue weighted by molar-refractivity contribution is -0.121. The molecule has 0 aromatic heterocycles. The largest absolute Gasteiger partial charge is 0.497 e. The fourth-order valence-electron chi connectivity index (χ4n) is 3.50. The molecule has 4 rings (SSSR count). The van der Waals surface area contributed by atoms with Crippen molar-refractivity contribution >= 4 is 28.9 Å². The number of benzene rings is 2. The van der Waals surface area contributed by atoms with Gasteiger partial charge in [0.05, 0.1) is 25.0 Å². The summed E-state index contributed by atoms with van der Waals surface area (Å²) >= 11 is 6.32. The smallest absolute Gasteiger partial charge is 0.265 e. The molecule has 1 N–H and O–H groups in total. The summed E-state index contributed by atoms with van der Waals surface area (Å²) in [5.41, 5.74) is 2.58. The molecule has 6 nitrogen and oxygen atoms in total. The highest BCUT2D eigenvalue weighted by Crippen LogP contribution is 2.44. The molecule has 27 heavy (non-hydrogen) atoms. The molecule has 1 saturated heterocycles. The standard InChI is InChI=1S/C20H22ClN3O3/c1-26-15-10-17(23-8-6-22-7-9-23)20-18(11-15)24(19(25)13-27-20)12-14-4-2-3-5-16(14)21/h2-5,10-11,22H,6-9,12-13H2,1H3. The van der Waals surface area contributed by atoms with Gasteiger partial charge in [-0.2, -0.15) is 0 Å². The van der Waals surface area contributed by atoms with Crippen molar-refractivity contribution < 1.29 is 14.3 Å². The van der Waals surface area contributed by atoms with E-state index in [1.54, 1.807) is 12.0 Å². The van der Waals surface area contributed by atoms with Gasteiger partial charge in [0.1, 0.15) is 5.75 Å². The number of fused-ring (bicyclic) bond motifs is 1. The number of piperazine rings is 1. The third kappa shape index (κ3) is 3.55. The number of amides is 1. The second-order valence-electron chi connectivity index (χ2n) is 6.59. The van der Waals surface area contributed by atoms with E-state index in [1.165, 1.54) is 0 Å². The second-order valence-corrected chi connectivity index (χ2v) is 7.00. The molecule has 7 heteroatoms. The lowest BCUT2D eigenvalue weighted by Gasteiger charge is -2.36. The van der Waals surface area contributed by atoms with E-state index >= 15 is 0 Å². The van der Waals surface area contributed by atoms with E-state index in [0.717, 1.165) is 48.9 Å². The van der Waals surface area contributed by atoms with Gasteiger partial charge in [-0.1, -0.05) is 29.8 Å². The first-order valence-electron chi connectivity index (χ1n) is 9.01. The Kier molecular flexibility index (Phi) is 5.09. The van der Waals surface area contributed by atoms with Crippen LogP contribution < -0.4 is 24.6 Å². The normalized spacial score (nSPS) is 16.7. The van der Waals surface area contributed by atoms with Crippen LogP contribution in [0.25, 0.3) is 0 Å². The van der Waals surface area contributed by atoms with E-state index < -0.39 is 0 Å².